The Balaban J connectivity index is 1.24. The normalized spacial score (nSPS) is 15.9. The summed E-state index contributed by atoms with van der Waals surface area (Å²) in [5.41, 5.74) is 9.02. The van der Waals surface area contributed by atoms with Gasteiger partial charge in [0.15, 0.2) is 0 Å². The highest BCUT2D eigenvalue weighted by Gasteiger charge is 2.29. The molecule has 50 heavy (non-hydrogen) atoms. The van der Waals surface area contributed by atoms with E-state index >= 15 is 0 Å². The number of sulfonamides is 2. The molecule has 2 fully saturated rings. The molecule has 3 heterocycles. The first-order chi connectivity index (χ1) is 23.8. The standard InChI is InChI=1S/C36H42N6O6S2/c1-25-10-12-33(26(2)20-25)39-49(44,45)31-9-7-8-29(22-31)36(43)38-37-24-30-21-27(3)42(28(30)4)35-23-32(11-13-34(35)40-14-5-6-15-40)50(46,47)41-16-18-48-19-17-41/h7-13,20-24,39H,5-6,14-19H2,1-4H3,(H,38,43)/b37-24+. The molecule has 1 aromatic heterocycles. The van der Waals surface area contributed by atoms with E-state index in [-0.39, 0.29) is 15.4 Å². The zero-order chi connectivity index (χ0) is 35.6. The fourth-order valence-electron chi connectivity index (χ4n) is 6.45. The summed E-state index contributed by atoms with van der Waals surface area (Å²) < 4.78 is 65.0. The van der Waals surface area contributed by atoms with E-state index in [0.29, 0.717) is 32.0 Å². The lowest BCUT2D eigenvalue weighted by molar-refractivity contribution is 0.0730. The van der Waals surface area contributed by atoms with Crippen LogP contribution < -0.4 is 15.0 Å². The number of hydrazone groups is 1. The molecule has 2 aliphatic heterocycles. The van der Waals surface area contributed by atoms with Crippen molar-refractivity contribution in [2.75, 3.05) is 49.0 Å². The van der Waals surface area contributed by atoms with Crippen LogP contribution in [-0.2, 0) is 24.8 Å². The summed E-state index contributed by atoms with van der Waals surface area (Å²) in [6.45, 7) is 10.7. The van der Waals surface area contributed by atoms with Crippen molar-refractivity contribution in [3.8, 4) is 5.69 Å². The molecule has 0 aliphatic carbocycles. The Kier molecular flexibility index (Phi) is 10.2. The minimum Gasteiger partial charge on any atom is -0.379 e. The number of anilines is 2. The van der Waals surface area contributed by atoms with Gasteiger partial charge in [-0.15, -0.1) is 0 Å². The monoisotopic (exact) mass is 718 g/mol. The highest BCUT2D eigenvalue weighted by molar-refractivity contribution is 7.92. The van der Waals surface area contributed by atoms with Gasteiger partial charge in [-0.05, 0) is 94.6 Å². The maximum atomic E-state index is 13.6. The molecule has 0 bridgehead atoms. The van der Waals surface area contributed by atoms with E-state index in [1.165, 1.54) is 34.8 Å². The Hall–Kier alpha value is -4.50. The molecular weight excluding hydrogens is 677 g/mol. The van der Waals surface area contributed by atoms with Gasteiger partial charge in [0.25, 0.3) is 15.9 Å². The summed E-state index contributed by atoms with van der Waals surface area (Å²) in [6, 6.07) is 18.4. The van der Waals surface area contributed by atoms with Gasteiger partial charge in [0.05, 0.1) is 46.3 Å². The van der Waals surface area contributed by atoms with Crippen LogP contribution in [0.15, 0.2) is 81.6 Å². The number of carbonyl (C=O) groups excluding carboxylic acids is 1. The summed E-state index contributed by atoms with van der Waals surface area (Å²) in [4.78, 5) is 15.5. The number of ether oxygens (including phenoxy) is 1. The molecule has 4 aromatic rings. The largest absolute Gasteiger partial charge is 0.379 e. The Morgan fingerprint density at radius 2 is 1.56 bits per heavy atom. The van der Waals surface area contributed by atoms with E-state index in [4.69, 9.17) is 4.74 Å². The van der Waals surface area contributed by atoms with Crippen molar-refractivity contribution in [1.82, 2.24) is 14.3 Å². The molecule has 2 N–H and O–H groups in total. The van der Waals surface area contributed by atoms with Gasteiger partial charge >= 0.3 is 0 Å². The maximum Gasteiger partial charge on any atom is 0.271 e. The van der Waals surface area contributed by atoms with E-state index in [0.717, 1.165) is 65.4 Å². The topological polar surface area (TPSA) is 142 Å². The lowest BCUT2D eigenvalue weighted by Gasteiger charge is -2.28. The van der Waals surface area contributed by atoms with E-state index in [1.54, 1.807) is 18.2 Å². The number of hydrogen-bond donors (Lipinski definition) is 2. The second-order valence-corrected chi connectivity index (χ2v) is 16.3. The summed E-state index contributed by atoms with van der Waals surface area (Å²) in [6.07, 6.45) is 3.65. The van der Waals surface area contributed by atoms with E-state index < -0.39 is 26.0 Å². The number of amides is 1. The van der Waals surface area contributed by atoms with Crippen LogP contribution in [0.4, 0.5) is 11.4 Å². The van der Waals surface area contributed by atoms with Crippen LogP contribution in [-0.4, -0.2) is 77.2 Å². The quantitative estimate of drug-likeness (QED) is 0.176. The average Bonchev–Trinajstić information content (AvgIpc) is 3.74. The van der Waals surface area contributed by atoms with Crippen molar-refractivity contribution < 1.29 is 26.4 Å². The second-order valence-electron chi connectivity index (χ2n) is 12.7. The number of aromatic nitrogens is 1. The lowest BCUT2D eigenvalue weighted by atomic mass is 10.1. The highest BCUT2D eigenvalue weighted by atomic mass is 32.2. The van der Waals surface area contributed by atoms with Gasteiger partial charge in [-0.3, -0.25) is 9.52 Å². The second kappa shape index (κ2) is 14.4. The first kappa shape index (κ1) is 35.3. The maximum absolute atomic E-state index is 13.6. The minimum absolute atomic E-state index is 0.0516. The third-order valence-electron chi connectivity index (χ3n) is 9.12. The van der Waals surface area contributed by atoms with Crippen LogP contribution in [0.5, 0.6) is 0 Å². The van der Waals surface area contributed by atoms with Crippen molar-refractivity contribution >= 4 is 43.5 Å². The van der Waals surface area contributed by atoms with E-state index in [2.05, 4.69) is 20.1 Å². The van der Waals surface area contributed by atoms with Crippen LogP contribution in [0.3, 0.4) is 0 Å². The molecule has 12 nitrogen and oxygen atoms in total. The van der Waals surface area contributed by atoms with E-state index in [1.807, 2.05) is 56.5 Å². The number of nitrogens with one attached hydrogen (secondary N) is 2. The number of hydrogen-bond acceptors (Lipinski definition) is 8. The van der Waals surface area contributed by atoms with Crippen molar-refractivity contribution in [3.63, 3.8) is 0 Å². The number of benzene rings is 3. The SMILES string of the molecule is Cc1ccc(NS(=O)(=O)c2cccc(C(=O)N/N=C/c3cc(C)n(-c4cc(S(=O)(=O)N5CCOCC5)ccc4N4CCCC4)c3C)c2)c(C)c1. The molecule has 0 atom stereocenters. The molecule has 0 saturated carbocycles. The molecule has 3 aromatic carbocycles. The molecular formula is C36H42N6O6S2. The fraction of sp³-hybridized carbons (Fsp3) is 0.333. The fourth-order valence-corrected chi connectivity index (χ4v) is 9.06. The smallest absolute Gasteiger partial charge is 0.271 e. The molecule has 14 heteroatoms. The van der Waals surface area contributed by atoms with Gasteiger partial charge in [0.1, 0.15) is 0 Å². The lowest BCUT2D eigenvalue weighted by Crippen LogP contribution is -2.40. The average molecular weight is 719 g/mol. The predicted molar refractivity (Wildman–Crippen MR) is 194 cm³/mol. The zero-order valence-electron chi connectivity index (χ0n) is 28.6. The highest BCUT2D eigenvalue weighted by Crippen LogP contribution is 2.34. The van der Waals surface area contributed by atoms with Crippen molar-refractivity contribution in [1.29, 1.82) is 0 Å². The minimum atomic E-state index is -3.95. The number of carbonyl (C=O) groups is 1. The van der Waals surface area contributed by atoms with Crippen LogP contribution >= 0.6 is 0 Å². The van der Waals surface area contributed by atoms with E-state index in [9.17, 15) is 21.6 Å². The zero-order valence-corrected chi connectivity index (χ0v) is 30.3. The summed E-state index contributed by atoms with van der Waals surface area (Å²) >= 11 is 0. The molecule has 1 amide bonds. The van der Waals surface area contributed by atoms with Crippen LogP contribution in [0.2, 0.25) is 0 Å². The predicted octanol–water partition coefficient (Wildman–Crippen LogP) is 4.90. The van der Waals surface area contributed by atoms with Gasteiger partial charge in [-0.1, -0.05) is 23.8 Å². The van der Waals surface area contributed by atoms with Crippen LogP contribution in [0, 0.1) is 27.7 Å². The number of morpholine rings is 1. The Morgan fingerprint density at radius 1 is 0.820 bits per heavy atom. The Morgan fingerprint density at radius 3 is 2.28 bits per heavy atom. The molecule has 0 spiro atoms. The Bertz CT molecular complexity index is 2170. The number of aryl methyl sites for hydroxylation is 3. The van der Waals surface area contributed by atoms with Gasteiger partial charge in [-0.2, -0.15) is 9.41 Å². The summed E-state index contributed by atoms with van der Waals surface area (Å²) in [5, 5.41) is 4.20. The third kappa shape index (κ3) is 7.33. The van der Waals surface area contributed by atoms with Gasteiger partial charge in [0.2, 0.25) is 10.0 Å². The molecule has 6 rings (SSSR count). The third-order valence-corrected chi connectivity index (χ3v) is 12.4. The van der Waals surface area contributed by atoms with Gasteiger partial charge in [-0.25, -0.2) is 22.3 Å². The van der Waals surface area contributed by atoms with Crippen LogP contribution in [0.1, 0.15) is 51.3 Å². The molecule has 0 radical (unpaired) electrons. The summed E-state index contributed by atoms with van der Waals surface area (Å²) in [5.74, 6) is -0.573. The summed E-state index contributed by atoms with van der Waals surface area (Å²) in [7, 11) is -7.68. The van der Waals surface area contributed by atoms with Crippen molar-refractivity contribution in [3.05, 3.63) is 100 Å². The number of nitrogens with zero attached hydrogens (tertiary/aromatic N) is 4. The van der Waals surface area contributed by atoms with Crippen molar-refractivity contribution in [2.45, 2.75) is 50.3 Å². The molecule has 0 unspecified atom stereocenters. The molecule has 264 valence electrons. The Labute approximate surface area is 293 Å². The van der Waals surface area contributed by atoms with Gasteiger partial charge < -0.3 is 14.2 Å². The molecule has 2 saturated heterocycles. The first-order valence-electron chi connectivity index (χ1n) is 16.5. The first-order valence-corrected chi connectivity index (χ1v) is 19.5. The van der Waals surface area contributed by atoms with Crippen LogP contribution in [0.25, 0.3) is 5.69 Å². The van der Waals surface area contributed by atoms with Crippen molar-refractivity contribution in [2.24, 2.45) is 5.10 Å². The number of rotatable bonds is 10. The molecule has 2 aliphatic rings. The van der Waals surface area contributed by atoms with Gasteiger partial charge in [0, 0.05) is 48.7 Å².